The van der Waals surface area contributed by atoms with Gasteiger partial charge in [0, 0.05) is 18.1 Å². The quantitative estimate of drug-likeness (QED) is 0.574. The van der Waals surface area contributed by atoms with Gasteiger partial charge in [0.15, 0.2) is 0 Å². The molecule has 1 rings (SSSR count). The van der Waals surface area contributed by atoms with Crippen LogP contribution in [0.5, 0.6) is 0 Å². The molecule has 0 atom stereocenters. The number of rotatable bonds is 6. The van der Waals surface area contributed by atoms with Gasteiger partial charge in [-0.15, -0.1) is 6.58 Å². The minimum absolute atomic E-state index is 0.738. The molecular formula is C11H17N3S. The number of thioether (sulfide) groups is 1. The number of aryl methyl sites for hydroxylation is 1. The van der Waals surface area contributed by atoms with Crippen molar-refractivity contribution in [3.05, 3.63) is 30.5 Å². The molecule has 1 aromatic rings. The molecule has 0 spiro atoms. The van der Waals surface area contributed by atoms with Crippen LogP contribution in [0.2, 0.25) is 0 Å². The molecule has 0 unspecified atom stereocenters. The molecule has 0 amide bonds. The van der Waals surface area contributed by atoms with E-state index in [1.54, 1.807) is 6.20 Å². The van der Waals surface area contributed by atoms with E-state index in [4.69, 9.17) is 5.73 Å². The molecule has 3 N–H and O–H groups in total. The summed E-state index contributed by atoms with van der Waals surface area (Å²) in [6.45, 7) is 6.56. The fourth-order valence-electron chi connectivity index (χ4n) is 1.08. The Labute approximate surface area is 95.2 Å². The van der Waals surface area contributed by atoms with Crippen LogP contribution in [0.25, 0.3) is 0 Å². The molecule has 0 aliphatic carbocycles. The third-order valence-corrected chi connectivity index (χ3v) is 2.90. The van der Waals surface area contributed by atoms with Crippen molar-refractivity contribution in [3.63, 3.8) is 0 Å². The highest BCUT2D eigenvalue weighted by Crippen LogP contribution is 2.12. The van der Waals surface area contributed by atoms with Gasteiger partial charge in [-0.2, -0.15) is 11.8 Å². The number of pyridine rings is 1. The van der Waals surface area contributed by atoms with Gasteiger partial charge in [0.2, 0.25) is 0 Å². The summed E-state index contributed by atoms with van der Waals surface area (Å²) < 4.78 is 0. The number of anilines is 2. The number of nitrogens with one attached hydrogen (secondary N) is 1. The maximum Gasteiger partial charge on any atom is 0.126 e. The zero-order valence-electron chi connectivity index (χ0n) is 8.99. The second-order valence-electron chi connectivity index (χ2n) is 3.22. The first-order valence-corrected chi connectivity index (χ1v) is 6.04. The Hall–Kier alpha value is -1.16. The van der Waals surface area contributed by atoms with E-state index >= 15 is 0 Å². The van der Waals surface area contributed by atoms with Crippen LogP contribution in [0.3, 0.4) is 0 Å². The highest BCUT2D eigenvalue weighted by molar-refractivity contribution is 7.99. The summed E-state index contributed by atoms with van der Waals surface area (Å²) in [5, 5.41) is 3.25. The second-order valence-corrected chi connectivity index (χ2v) is 4.37. The van der Waals surface area contributed by atoms with Crippen LogP contribution in [0, 0.1) is 6.92 Å². The molecule has 0 saturated heterocycles. The van der Waals surface area contributed by atoms with Crippen molar-refractivity contribution in [2.45, 2.75) is 6.92 Å². The van der Waals surface area contributed by atoms with Crippen molar-refractivity contribution in [1.29, 1.82) is 0 Å². The average Bonchev–Trinajstić information content (AvgIpc) is 2.23. The molecule has 0 radical (unpaired) electrons. The SMILES string of the molecule is C=CCSCCNc1cc(C)c(N)cn1. The van der Waals surface area contributed by atoms with E-state index in [9.17, 15) is 0 Å². The molecule has 15 heavy (non-hydrogen) atoms. The van der Waals surface area contributed by atoms with Crippen molar-refractivity contribution >= 4 is 23.3 Å². The molecule has 1 heterocycles. The number of hydrogen-bond donors (Lipinski definition) is 2. The normalized spacial score (nSPS) is 9.93. The highest BCUT2D eigenvalue weighted by Gasteiger charge is 1.97. The van der Waals surface area contributed by atoms with Crippen LogP contribution in [0.4, 0.5) is 11.5 Å². The second kappa shape index (κ2) is 6.35. The van der Waals surface area contributed by atoms with E-state index in [0.29, 0.717) is 0 Å². The Balaban J connectivity index is 2.31. The van der Waals surface area contributed by atoms with Crippen molar-refractivity contribution < 1.29 is 0 Å². The lowest BCUT2D eigenvalue weighted by atomic mass is 10.2. The molecule has 0 aliphatic heterocycles. The van der Waals surface area contributed by atoms with Gasteiger partial charge in [-0.25, -0.2) is 4.98 Å². The van der Waals surface area contributed by atoms with Gasteiger partial charge in [-0.05, 0) is 18.6 Å². The molecule has 0 aromatic carbocycles. The molecule has 4 heteroatoms. The van der Waals surface area contributed by atoms with Crippen LogP contribution < -0.4 is 11.1 Å². The zero-order valence-corrected chi connectivity index (χ0v) is 9.81. The Morgan fingerprint density at radius 3 is 3.13 bits per heavy atom. The summed E-state index contributed by atoms with van der Waals surface area (Å²) in [4.78, 5) is 4.19. The third kappa shape index (κ3) is 4.25. The van der Waals surface area contributed by atoms with Crippen molar-refractivity contribution in [3.8, 4) is 0 Å². The van der Waals surface area contributed by atoms with E-state index in [-0.39, 0.29) is 0 Å². The van der Waals surface area contributed by atoms with Crippen LogP contribution >= 0.6 is 11.8 Å². The third-order valence-electron chi connectivity index (χ3n) is 1.94. The zero-order chi connectivity index (χ0) is 11.1. The fraction of sp³-hybridized carbons (Fsp3) is 0.364. The number of nitrogens with zero attached hydrogens (tertiary/aromatic N) is 1. The summed E-state index contributed by atoms with van der Waals surface area (Å²) in [7, 11) is 0. The van der Waals surface area contributed by atoms with Gasteiger partial charge in [0.05, 0.1) is 11.9 Å². The van der Waals surface area contributed by atoms with Crippen LogP contribution in [-0.4, -0.2) is 23.0 Å². The van der Waals surface area contributed by atoms with Crippen molar-refractivity contribution in [2.75, 3.05) is 29.1 Å². The van der Waals surface area contributed by atoms with Gasteiger partial charge < -0.3 is 11.1 Å². The molecular weight excluding hydrogens is 206 g/mol. The summed E-state index contributed by atoms with van der Waals surface area (Å²) in [5.41, 5.74) is 7.48. The van der Waals surface area contributed by atoms with Crippen molar-refractivity contribution in [1.82, 2.24) is 4.98 Å². The maximum atomic E-state index is 5.68. The summed E-state index contributed by atoms with van der Waals surface area (Å²) in [6.07, 6.45) is 3.60. The monoisotopic (exact) mass is 223 g/mol. The molecule has 82 valence electrons. The summed E-state index contributed by atoms with van der Waals surface area (Å²) in [5.74, 6) is 2.94. The number of hydrogen-bond acceptors (Lipinski definition) is 4. The summed E-state index contributed by atoms with van der Waals surface area (Å²) in [6, 6.07) is 1.97. The lowest BCUT2D eigenvalue weighted by Crippen LogP contribution is -2.06. The molecule has 3 nitrogen and oxygen atoms in total. The van der Waals surface area contributed by atoms with Gasteiger partial charge >= 0.3 is 0 Å². The highest BCUT2D eigenvalue weighted by atomic mass is 32.2. The van der Waals surface area contributed by atoms with E-state index < -0.39 is 0 Å². The van der Waals surface area contributed by atoms with Gasteiger partial charge in [0.25, 0.3) is 0 Å². The first kappa shape index (κ1) is 11.9. The predicted octanol–water partition coefficient (Wildman–Crippen LogP) is 2.30. The maximum absolute atomic E-state index is 5.68. The van der Waals surface area contributed by atoms with Crippen LogP contribution in [-0.2, 0) is 0 Å². The largest absolute Gasteiger partial charge is 0.397 e. The van der Waals surface area contributed by atoms with E-state index in [1.165, 1.54) is 0 Å². The Kier molecular flexibility index (Phi) is 5.04. The van der Waals surface area contributed by atoms with Gasteiger partial charge in [-0.1, -0.05) is 6.08 Å². The van der Waals surface area contributed by atoms with Gasteiger partial charge in [0.1, 0.15) is 5.82 Å². The lowest BCUT2D eigenvalue weighted by molar-refractivity contribution is 1.16. The average molecular weight is 223 g/mol. The lowest BCUT2D eigenvalue weighted by Gasteiger charge is -2.06. The smallest absolute Gasteiger partial charge is 0.126 e. The minimum atomic E-state index is 0.738. The summed E-state index contributed by atoms with van der Waals surface area (Å²) >= 11 is 1.85. The van der Waals surface area contributed by atoms with Gasteiger partial charge in [-0.3, -0.25) is 0 Å². The first-order valence-electron chi connectivity index (χ1n) is 4.88. The molecule has 1 aromatic heterocycles. The Bertz CT molecular complexity index is 326. The minimum Gasteiger partial charge on any atom is -0.397 e. The number of aromatic nitrogens is 1. The fourth-order valence-corrected chi connectivity index (χ4v) is 1.66. The molecule has 0 aliphatic rings. The van der Waals surface area contributed by atoms with E-state index in [2.05, 4.69) is 16.9 Å². The first-order chi connectivity index (χ1) is 7.24. The Morgan fingerprint density at radius 1 is 1.67 bits per heavy atom. The van der Waals surface area contributed by atoms with E-state index in [0.717, 1.165) is 35.1 Å². The topological polar surface area (TPSA) is 50.9 Å². The number of nitrogens with two attached hydrogens (primary N) is 1. The Morgan fingerprint density at radius 2 is 2.47 bits per heavy atom. The predicted molar refractivity (Wildman–Crippen MR) is 69.4 cm³/mol. The van der Waals surface area contributed by atoms with Crippen molar-refractivity contribution in [2.24, 2.45) is 0 Å². The number of nitrogen functional groups attached to an aromatic ring is 1. The standard InChI is InChI=1S/C11H17N3S/c1-3-5-15-6-4-13-11-7-9(2)10(12)8-14-11/h3,7-8H,1,4-6,12H2,2H3,(H,13,14). The molecule has 0 bridgehead atoms. The van der Waals surface area contributed by atoms with E-state index in [1.807, 2.05) is 30.8 Å². The molecule has 0 saturated carbocycles. The van der Waals surface area contributed by atoms with Crippen LogP contribution in [0.1, 0.15) is 5.56 Å². The molecule has 0 fully saturated rings. The van der Waals surface area contributed by atoms with Crippen LogP contribution in [0.15, 0.2) is 24.9 Å².